The van der Waals surface area contributed by atoms with E-state index in [0.717, 1.165) is 44.2 Å². The molecule has 9 aromatic rings. The molecule has 0 unspecified atom stereocenters. The van der Waals surface area contributed by atoms with Crippen LogP contribution in [-0.4, -0.2) is 20.0 Å². The van der Waals surface area contributed by atoms with Crippen LogP contribution in [0.1, 0.15) is 0 Å². The van der Waals surface area contributed by atoms with E-state index in [0.29, 0.717) is 0 Å². The summed E-state index contributed by atoms with van der Waals surface area (Å²) < 4.78 is 0. The molecular formula is C41H26N4. The minimum atomic E-state index is 0.855. The Morgan fingerprint density at radius 1 is 0.400 bits per heavy atom. The normalized spacial score (nSPS) is 11.6. The highest BCUT2D eigenvalue weighted by Gasteiger charge is 2.18. The maximum absolute atomic E-state index is 5.04. The number of hydrogen-bond acceptors (Lipinski definition) is 3. The molecule has 0 atom stereocenters. The van der Waals surface area contributed by atoms with Gasteiger partial charge in [-0.2, -0.15) is 0 Å². The number of rotatable bonds is 4. The van der Waals surface area contributed by atoms with E-state index in [-0.39, 0.29) is 0 Å². The second-order valence-corrected chi connectivity index (χ2v) is 11.3. The van der Waals surface area contributed by atoms with Gasteiger partial charge < -0.3 is 0 Å². The molecule has 4 nitrogen and oxygen atoms in total. The van der Waals surface area contributed by atoms with E-state index in [2.05, 4.69) is 145 Å². The fourth-order valence-electron chi connectivity index (χ4n) is 6.76. The third-order valence-corrected chi connectivity index (χ3v) is 8.75. The van der Waals surface area contributed by atoms with Crippen LogP contribution in [0, 0.1) is 0 Å². The molecule has 0 fully saturated rings. The first kappa shape index (κ1) is 25.4. The third kappa shape index (κ3) is 4.11. The van der Waals surface area contributed by atoms with Gasteiger partial charge in [0.05, 0.1) is 5.69 Å². The number of benzene rings is 7. The second-order valence-electron chi connectivity index (χ2n) is 11.3. The molecule has 0 spiro atoms. The van der Waals surface area contributed by atoms with Gasteiger partial charge in [0.15, 0.2) is 0 Å². The van der Waals surface area contributed by atoms with E-state index < -0.39 is 0 Å². The molecule has 0 amide bonds. The molecular weight excluding hydrogens is 548 g/mol. The molecule has 2 aromatic heterocycles. The Morgan fingerprint density at radius 2 is 0.978 bits per heavy atom. The average molecular weight is 575 g/mol. The Morgan fingerprint density at radius 3 is 1.64 bits per heavy atom. The topological polar surface area (TPSA) is 43.6 Å². The predicted octanol–water partition coefficient (Wildman–Crippen LogP) is 10.3. The fraction of sp³-hybridized carbons (Fsp3) is 0. The number of pyridine rings is 1. The first-order chi connectivity index (χ1) is 22.3. The van der Waals surface area contributed by atoms with Crippen LogP contribution in [0.5, 0.6) is 0 Å². The molecule has 0 N–H and O–H groups in total. The summed E-state index contributed by atoms with van der Waals surface area (Å²) in [7, 11) is 0. The van der Waals surface area contributed by atoms with E-state index in [1.54, 1.807) is 11.0 Å². The summed E-state index contributed by atoms with van der Waals surface area (Å²) >= 11 is 0. The van der Waals surface area contributed by atoms with Crippen LogP contribution < -0.4 is 0 Å². The predicted molar refractivity (Wildman–Crippen MR) is 185 cm³/mol. The Hall–Kier alpha value is -6.13. The number of hydrogen-bond donors (Lipinski definition) is 0. The fourth-order valence-corrected chi connectivity index (χ4v) is 6.76. The number of fused-ring (bicyclic) bond motifs is 4. The van der Waals surface area contributed by atoms with Crippen molar-refractivity contribution in [2.24, 2.45) is 0 Å². The summed E-state index contributed by atoms with van der Waals surface area (Å²) in [6.07, 6.45) is 3.71. The van der Waals surface area contributed by atoms with Gasteiger partial charge in [-0.1, -0.05) is 121 Å². The van der Waals surface area contributed by atoms with Crippen molar-refractivity contribution in [1.82, 2.24) is 20.0 Å². The van der Waals surface area contributed by atoms with Crippen molar-refractivity contribution in [3.8, 4) is 39.1 Å². The highest BCUT2D eigenvalue weighted by atomic mass is 15.5. The molecule has 0 saturated carbocycles. The molecule has 0 aliphatic rings. The summed E-state index contributed by atoms with van der Waals surface area (Å²) in [6.45, 7) is 0. The van der Waals surface area contributed by atoms with Crippen molar-refractivity contribution in [1.29, 1.82) is 0 Å². The van der Waals surface area contributed by atoms with E-state index in [1.165, 1.54) is 38.2 Å². The van der Waals surface area contributed by atoms with Crippen LogP contribution in [0.15, 0.2) is 158 Å². The minimum absolute atomic E-state index is 0.855. The maximum Gasteiger partial charge on any atom is 0.114 e. The van der Waals surface area contributed by atoms with Crippen LogP contribution in [0.3, 0.4) is 0 Å². The van der Waals surface area contributed by atoms with Crippen molar-refractivity contribution in [2.45, 2.75) is 0 Å². The summed E-state index contributed by atoms with van der Waals surface area (Å²) in [5, 5.41) is 17.1. The molecule has 2 heterocycles. The van der Waals surface area contributed by atoms with Gasteiger partial charge in [0.1, 0.15) is 11.0 Å². The van der Waals surface area contributed by atoms with Crippen molar-refractivity contribution >= 4 is 43.4 Å². The summed E-state index contributed by atoms with van der Waals surface area (Å²) in [5.74, 6) is 0. The molecule has 210 valence electrons. The van der Waals surface area contributed by atoms with Gasteiger partial charge in [-0.05, 0) is 79.0 Å². The standard InChI is InChI=1S/C41H26N4/c1-2-11-27(12-3-1)40-33-16-6-8-18-35(33)41(36-19-9-7-17-34(36)40)28-20-22-37-38(25-28)44-45(43-37)39-23-21-30(29-13-10-24-42-26-29)31-14-4-5-15-32(31)39/h1-26H. The highest BCUT2D eigenvalue weighted by molar-refractivity contribution is 6.21. The SMILES string of the molecule is c1ccc(-c2c3ccccc3c(-c3ccc4nn(-c5ccc(-c6cccnc6)c6ccccc56)nc4c3)c3ccccc23)cc1. The van der Waals surface area contributed by atoms with Gasteiger partial charge in [0, 0.05) is 23.3 Å². The average Bonchev–Trinajstić information content (AvgIpc) is 3.54. The van der Waals surface area contributed by atoms with Gasteiger partial charge in [-0.3, -0.25) is 4.98 Å². The third-order valence-electron chi connectivity index (χ3n) is 8.75. The van der Waals surface area contributed by atoms with Crippen molar-refractivity contribution in [3.05, 3.63) is 158 Å². The molecule has 4 heteroatoms. The van der Waals surface area contributed by atoms with Crippen molar-refractivity contribution in [3.63, 3.8) is 0 Å². The summed E-state index contributed by atoms with van der Waals surface area (Å²) in [4.78, 5) is 6.11. The van der Waals surface area contributed by atoms with E-state index in [4.69, 9.17) is 10.2 Å². The highest BCUT2D eigenvalue weighted by Crippen LogP contribution is 2.44. The monoisotopic (exact) mass is 574 g/mol. The van der Waals surface area contributed by atoms with Gasteiger partial charge in [0.2, 0.25) is 0 Å². The lowest BCUT2D eigenvalue weighted by molar-refractivity contribution is 0.771. The smallest absolute Gasteiger partial charge is 0.114 e. The van der Waals surface area contributed by atoms with E-state index in [1.807, 2.05) is 12.3 Å². The second kappa shape index (κ2) is 10.2. The lowest BCUT2D eigenvalue weighted by Gasteiger charge is -2.17. The van der Waals surface area contributed by atoms with Gasteiger partial charge >= 0.3 is 0 Å². The largest absolute Gasteiger partial charge is 0.264 e. The van der Waals surface area contributed by atoms with E-state index >= 15 is 0 Å². The van der Waals surface area contributed by atoms with Crippen LogP contribution in [-0.2, 0) is 0 Å². The lowest BCUT2D eigenvalue weighted by Crippen LogP contribution is -2.00. The molecule has 9 rings (SSSR count). The Balaban J connectivity index is 1.24. The molecule has 7 aromatic carbocycles. The Labute approximate surface area is 259 Å². The lowest BCUT2D eigenvalue weighted by atomic mass is 9.86. The molecule has 45 heavy (non-hydrogen) atoms. The van der Waals surface area contributed by atoms with Gasteiger partial charge in [-0.25, -0.2) is 0 Å². The number of nitrogens with zero attached hydrogens (tertiary/aromatic N) is 4. The first-order valence-electron chi connectivity index (χ1n) is 15.1. The van der Waals surface area contributed by atoms with Crippen LogP contribution in [0.2, 0.25) is 0 Å². The molecule has 0 saturated heterocycles. The summed E-state index contributed by atoms with van der Waals surface area (Å²) in [5.41, 5.74) is 9.69. The first-order valence-corrected chi connectivity index (χ1v) is 15.1. The van der Waals surface area contributed by atoms with Crippen LogP contribution in [0.25, 0.3) is 82.4 Å². The number of aromatic nitrogens is 4. The maximum atomic E-state index is 5.04. The van der Waals surface area contributed by atoms with Crippen molar-refractivity contribution in [2.75, 3.05) is 0 Å². The van der Waals surface area contributed by atoms with Gasteiger partial charge in [0.25, 0.3) is 0 Å². The Kier molecular flexibility index (Phi) is 5.78. The molecule has 0 bridgehead atoms. The molecule has 0 aliphatic carbocycles. The Bertz CT molecular complexity index is 2480. The van der Waals surface area contributed by atoms with E-state index in [9.17, 15) is 0 Å². The molecule has 0 radical (unpaired) electrons. The van der Waals surface area contributed by atoms with Crippen LogP contribution >= 0.6 is 0 Å². The van der Waals surface area contributed by atoms with Crippen LogP contribution in [0.4, 0.5) is 0 Å². The zero-order valence-corrected chi connectivity index (χ0v) is 24.3. The zero-order valence-electron chi connectivity index (χ0n) is 24.3. The summed E-state index contributed by atoms with van der Waals surface area (Å²) in [6, 6.07) is 51.4. The van der Waals surface area contributed by atoms with Crippen molar-refractivity contribution < 1.29 is 0 Å². The molecule has 0 aliphatic heterocycles. The zero-order chi connectivity index (χ0) is 29.7. The van der Waals surface area contributed by atoms with Gasteiger partial charge in [-0.15, -0.1) is 15.0 Å². The minimum Gasteiger partial charge on any atom is -0.264 e. The quantitative estimate of drug-likeness (QED) is 0.196.